The van der Waals surface area contributed by atoms with E-state index in [0.717, 1.165) is 34.8 Å². The van der Waals surface area contributed by atoms with Crippen molar-refractivity contribution in [2.45, 2.75) is 43.8 Å². The summed E-state index contributed by atoms with van der Waals surface area (Å²) < 4.78 is 1.11. The van der Waals surface area contributed by atoms with Gasteiger partial charge in [0.1, 0.15) is 0 Å². The molecule has 2 atom stereocenters. The maximum atomic E-state index is 12.6. The van der Waals surface area contributed by atoms with Gasteiger partial charge in [0.15, 0.2) is 0 Å². The van der Waals surface area contributed by atoms with Crippen molar-refractivity contribution in [2.75, 3.05) is 0 Å². The summed E-state index contributed by atoms with van der Waals surface area (Å²) in [6, 6.07) is 8.86. The number of hydrogen-bond donors (Lipinski definition) is 1. The number of carbonyl (C=O) groups excluding carboxylic acids is 1. The molecule has 96 valence electrons. The molecule has 18 heavy (non-hydrogen) atoms. The third-order valence-corrected chi connectivity index (χ3v) is 4.75. The van der Waals surface area contributed by atoms with Gasteiger partial charge in [-0.3, -0.25) is 4.79 Å². The summed E-state index contributed by atoms with van der Waals surface area (Å²) in [5, 5.41) is 0. The van der Waals surface area contributed by atoms with Gasteiger partial charge in [0, 0.05) is 27.3 Å². The van der Waals surface area contributed by atoms with Crippen molar-refractivity contribution in [2.24, 2.45) is 5.73 Å². The molecule has 2 saturated heterocycles. The van der Waals surface area contributed by atoms with E-state index in [1.807, 2.05) is 24.3 Å². The Labute approximate surface area is 121 Å². The predicted molar refractivity (Wildman–Crippen MR) is 79.3 cm³/mol. The number of carbonyl (C=O) groups is 1. The fourth-order valence-electron chi connectivity index (χ4n) is 3.32. The van der Waals surface area contributed by atoms with Crippen molar-refractivity contribution in [3.63, 3.8) is 0 Å². The molecule has 2 N–H and O–H groups in total. The van der Waals surface area contributed by atoms with Crippen LogP contribution < -0.4 is 5.73 Å². The van der Waals surface area contributed by atoms with E-state index >= 15 is 0 Å². The lowest BCUT2D eigenvalue weighted by atomic mass is 9.97. The zero-order chi connectivity index (χ0) is 12.7. The Balaban J connectivity index is 1.85. The first kappa shape index (κ1) is 12.4. The topological polar surface area (TPSA) is 46.3 Å². The van der Waals surface area contributed by atoms with Gasteiger partial charge in [0.05, 0.1) is 0 Å². The number of benzene rings is 1. The summed E-state index contributed by atoms with van der Waals surface area (Å²) in [5.41, 5.74) is 6.86. The Morgan fingerprint density at radius 3 is 2.56 bits per heavy atom. The van der Waals surface area contributed by atoms with E-state index in [9.17, 15) is 4.79 Å². The number of amides is 1. The molecule has 4 heteroatoms. The van der Waals surface area contributed by atoms with Crippen LogP contribution in [-0.2, 0) is 0 Å². The lowest BCUT2D eigenvalue weighted by Gasteiger charge is -2.37. The maximum absolute atomic E-state index is 12.6. The van der Waals surface area contributed by atoms with Crippen LogP contribution in [0.4, 0.5) is 0 Å². The van der Waals surface area contributed by atoms with Gasteiger partial charge in [0.2, 0.25) is 0 Å². The summed E-state index contributed by atoms with van der Waals surface area (Å²) >= 11 is 2.25. The molecule has 2 bridgehead atoms. The minimum atomic E-state index is 0.188. The van der Waals surface area contributed by atoms with Crippen LogP contribution in [0.1, 0.15) is 36.0 Å². The van der Waals surface area contributed by atoms with Crippen molar-refractivity contribution in [3.05, 3.63) is 33.4 Å². The number of piperidine rings is 1. The Morgan fingerprint density at radius 2 is 1.94 bits per heavy atom. The largest absolute Gasteiger partial charge is 0.333 e. The average Bonchev–Trinajstić information content (AvgIpc) is 2.61. The third kappa shape index (κ3) is 2.16. The third-order valence-electron chi connectivity index (χ3n) is 4.08. The molecular formula is C14H17IN2O. The highest BCUT2D eigenvalue weighted by Gasteiger charge is 2.42. The number of hydrogen-bond acceptors (Lipinski definition) is 2. The summed E-state index contributed by atoms with van der Waals surface area (Å²) in [6.45, 7) is 0. The van der Waals surface area contributed by atoms with Crippen LogP contribution in [-0.4, -0.2) is 28.9 Å². The van der Waals surface area contributed by atoms with Crippen molar-refractivity contribution >= 4 is 28.5 Å². The molecule has 1 aromatic rings. The lowest BCUT2D eigenvalue weighted by molar-refractivity contribution is 0.0575. The molecule has 2 aliphatic rings. The van der Waals surface area contributed by atoms with E-state index in [4.69, 9.17) is 5.73 Å². The van der Waals surface area contributed by atoms with E-state index < -0.39 is 0 Å². The average molecular weight is 356 g/mol. The Morgan fingerprint density at radius 1 is 1.28 bits per heavy atom. The summed E-state index contributed by atoms with van der Waals surface area (Å²) in [5.74, 6) is 0.188. The molecule has 2 fully saturated rings. The second kappa shape index (κ2) is 4.81. The van der Waals surface area contributed by atoms with E-state index in [2.05, 4.69) is 27.5 Å². The molecule has 0 aliphatic carbocycles. The first-order chi connectivity index (χ1) is 8.65. The van der Waals surface area contributed by atoms with Crippen molar-refractivity contribution in [1.82, 2.24) is 4.90 Å². The standard InChI is InChI=1S/C14H17IN2O/c15-10-3-1-2-9(6-10)14(18)17-12-4-5-13(17)8-11(16)7-12/h1-3,6,11-13H,4-5,7-8,16H2. The van der Waals surface area contributed by atoms with Gasteiger partial charge >= 0.3 is 0 Å². The second-order valence-electron chi connectivity index (χ2n) is 5.34. The fourth-order valence-corrected chi connectivity index (χ4v) is 3.86. The lowest BCUT2D eigenvalue weighted by Crippen LogP contribution is -2.50. The van der Waals surface area contributed by atoms with Crippen LogP contribution in [0, 0.1) is 3.57 Å². The summed E-state index contributed by atoms with van der Waals surface area (Å²) in [6.07, 6.45) is 4.17. The zero-order valence-electron chi connectivity index (χ0n) is 10.2. The van der Waals surface area contributed by atoms with Gasteiger partial charge < -0.3 is 10.6 Å². The second-order valence-corrected chi connectivity index (χ2v) is 6.58. The normalized spacial score (nSPS) is 30.6. The molecule has 0 aromatic heterocycles. The highest BCUT2D eigenvalue weighted by Crippen LogP contribution is 2.36. The minimum absolute atomic E-state index is 0.188. The Bertz CT molecular complexity index is 463. The molecule has 2 heterocycles. The SMILES string of the molecule is NC1CC2CCC(C1)N2C(=O)c1cccc(I)c1. The minimum Gasteiger partial charge on any atom is -0.333 e. The van der Waals surface area contributed by atoms with Gasteiger partial charge in [-0.15, -0.1) is 0 Å². The maximum Gasteiger partial charge on any atom is 0.254 e. The highest BCUT2D eigenvalue weighted by atomic mass is 127. The van der Waals surface area contributed by atoms with E-state index in [1.54, 1.807) is 0 Å². The molecular weight excluding hydrogens is 339 g/mol. The van der Waals surface area contributed by atoms with Crippen molar-refractivity contribution in [1.29, 1.82) is 0 Å². The van der Waals surface area contributed by atoms with E-state index in [0.29, 0.717) is 12.1 Å². The highest BCUT2D eigenvalue weighted by molar-refractivity contribution is 14.1. The van der Waals surface area contributed by atoms with Crippen molar-refractivity contribution < 1.29 is 4.79 Å². The number of fused-ring (bicyclic) bond motifs is 2. The first-order valence-corrected chi connectivity index (χ1v) is 7.57. The molecule has 2 unspecified atom stereocenters. The smallest absolute Gasteiger partial charge is 0.254 e. The predicted octanol–water partition coefficient (Wildman–Crippen LogP) is 2.39. The Kier molecular flexibility index (Phi) is 3.32. The molecule has 1 amide bonds. The summed E-state index contributed by atoms with van der Waals surface area (Å²) in [4.78, 5) is 14.7. The number of nitrogens with two attached hydrogens (primary N) is 1. The molecule has 0 spiro atoms. The first-order valence-electron chi connectivity index (χ1n) is 6.49. The van der Waals surface area contributed by atoms with Crippen LogP contribution >= 0.6 is 22.6 Å². The molecule has 0 saturated carbocycles. The van der Waals surface area contributed by atoms with Crippen LogP contribution in [0.2, 0.25) is 0 Å². The molecule has 3 rings (SSSR count). The summed E-state index contributed by atoms with van der Waals surface area (Å²) in [7, 11) is 0. The van der Waals surface area contributed by atoms with Gasteiger partial charge in [-0.1, -0.05) is 6.07 Å². The monoisotopic (exact) mass is 356 g/mol. The van der Waals surface area contributed by atoms with Crippen LogP contribution in [0.5, 0.6) is 0 Å². The number of halogens is 1. The van der Waals surface area contributed by atoms with Gasteiger partial charge in [-0.2, -0.15) is 0 Å². The fraction of sp³-hybridized carbons (Fsp3) is 0.500. The van der Waals surface area contributed by atoms with Crippen LogP contribution in [0.25, 0.3) is 0 Å². The zero-order valence-corrected chi connectivity index (χ0v) is 12.3. The molecule has 0 radical (unpaired) electrons. The molecule has 1 aromatic carbocycles. The van der Waals surface area contributed by atoms with Crippen LogP contribution in [0.15, 0.2) is 24.3 Å². The number of rotatable bonds is 1. The van der Waals surface area contributed by atoms with E-state index in [-0.39, 0.29) is 11.9 Å². The molecule has 2 aliphatic heterocycles. The molecule has 3 nitrogen and oxygen atoms in total. The number of nitrogens with zero attached hydrogens (tertiary/aromatic N) is 1. The Hall–Kier alpha value is -0.620. The van der Waals surface area contributed by atoms with E-state index in [1.165, 1.54) is 0 Å². The van der Waals surface area contributed by atoms with Gasteiger partial charge in [-0.05, 0) is 66.5 Å². The quantitative estimate of drug-likeness (QED) is 0.786. The van der Waals surface area contributed by atoms with Crippen molar-refractivity contribution in [3.8, 4) is 0 Å². The van der Waals surface area contributed by atoms with Crippen LogP contribution in [0.3, 0.4) is 0 Å². The van der Waals surface area contributed by atoms with Gasteiger partial charge in [-0.25, -0.2) is 0 Å². The van der Waals surface area contributed by atoms with Gasteiger partial charge in [0.25, 0.3) is 5.91 Å².